The van der Waals surface area contributed by atoms with Gasteiger partial charge < -0.3 is 10.2 Å². The first-order chi connectivity index (χ1) is 14.8. The molecule has 7 heteroatoms. The van der Waals surface area contributed by atoms with Gasteiger partial charge in [-0.15, -0.1) is 0 Å². The minimum absolute atomic E-state index is 0.0327. The van der Waals surface area contributed by atoms with Crippen LogP contribution in [0.25, 0.3) is 5.76 Å². The highest BCUT2D eigenvalue weighted by atomic mass is 79.9. The van der Waals surface area contributed by atoms with E-state index in [0.717, 1.165) is 10.0 Å². The molecule has 1 aliphatic heterocycles. The van der Waals surface area contributed by atoms with Gasteiger partial charge in [-0.3, -0.25) is 14.5 Å². The van der Waals surface area contributed by atoms with Crippen molar-refractivity contribution in [3.63, 3.8) is 0 Å². The zero-order valence-corrected chi connectivity index (χ0v) is 18.7. The number of carbonyl (C=O) groups excluding carboxylic acids is 2. The van der Waals surface area contributed by atoms with Gasteiger partial charge in [0.2, 0.25) is 0 Å². The third-order valence-electron chi connectivity index (χ3n) is 5.20. The molecule has 31 heavy (non-hydrogen) atoms. The van der Waals surface area contributed by atoms with Gasteiger partial charge in [0.15, 0.2) is 0 Å². The fourth-order valence-electron chi connectivity index (χ4n) is 3.57. The van der Waals surface area contributed by atoms with Crippen LogP contribution in [0, 0.1) is 6.92 Å². The molecule has 0 spiro atoms. The van der Waals surface area contributed by atoms with Crippen LogP contribution in [-0.4, -0.2) is 21.9 Å². The summed E-state index contributed by atoms with van der Waals surface area (Å²) < 4.78 is 0.786. The zero-order valence-electron chi connectivity index (χ0n) is 16.3. The van der Waals surface area contributed by atoms with Gasteiger partial charge in [0.25, 0.3) is 11.7 Å². The number of aliphatic hydroxyl groups is 1. The SMILES string of the molecule is Cc1ccc(N2C(=O)C(=O)/C(=C(/O)c3ccc(Cl)cc3)C2c2ccc(O)cc2)cc1Br. The van der Waals surface area contributed by atoms with Crippen molar-refractivity contribution in [2.24, 2.45) is 0 Å². The molecular weight excluding hydrogens is 482 g/mol. The van der Waals surface area contributed by atoms with Crippen molar-refractivity contribution in [1.29, 1.82) is 0 Å². The normalized spacial score (nSPS) is 17.9. The van der Waals surface area contributed by atoms with Gasteiger partial charge in [-0.05, 0) is 66.6 Å². The largest absolute Gasteiger partial charge is 0.508 e. The topological polar surface area (TPSA) is 77.8 Å². The molecule has 0 aromatic heterocycles. The van der Waals surface area contributed by atoms with Gasteiger partial charge in [0.05, 0.1) is 11.6 Å². The molecule has 1 fully saturated rings. The highest BCUT2D eigenvalue weighted by Crippen LogP contribution is 2.43. The van der Waals surface area contributed by atoms with Gasteiger partial charge in [-0.1, -0.05) is 45.7 Å². The zero-order chi connectivity index (χ0) is 22.3. The maximum atomic E-state index is 13.1. The number of amides is 1. The summed E-state index contributed by atoms with van der Waals surface area (Å²) in [7, 11) is 0. The van der Waals surface area contributed by atoms with Crippen molar-refractivity contribution < 1.29 is 19.8 Å². The summed E-state index contributed by atoms with van der Waals surface area (Å²) in [4.78, 5) is 27.5. The van der Waals surface area contributed by atoms with Crippen molar-refractivity contribution in [2.75, 3.05) is 4.90 Å². The molecule has 1 atom stereocenters. The fourth-order valence-corrected chi connectivity index (χ4v) is 4.06. The number of hydrogen-bond acceptors (Lipinski definition) is 4. The Balaban J connectivity index is 1.95. The smallest absolute Gasteiger partial charge is 0.300 e. The fraction of sp³-hybridized carbons (Fsp3) is 0.0833. The predicted molar refractivity (Wildman–Crippen MR) is 123 cm³/mol. The Labute approximate surface area is 192 Å². The first kappa shape index (κ1) is 21.2. The lowest BCUT2D eigenvalue weighted by Gasteiger charge is -2.26. The molecule has 156 valence electrons. The highest BCUT2D eigenvalue weighted by molar-refractivity contribution is 9.10. The first-order valence-corrected chi connectivity index (χ1v) is 10.6. The van der Waals surface area contributed by atoms with Crippen LogP contribution in [0.2, 0.25) is 5.02 Å². The Bertz CT molecular complexity index is 1220. The number of nitrogens with zero attached hydrogens (tertiary/aromatic N) is 1. The summed E-state index contributed by atoms with van der Waals surface area (Å²) in [5, 5.41) is 21.2. The minimum atomic E-state index is -0.870. The molecule has 5 nitrogen and oxygen atoms in total. The van der Waals surface area contributed by atoms with Crippen LogP contribution in [0.3, 0.4) is 0 Å². The van der Waals surface area contributed by atoms with Crippen molar-refractivity contribution >= 4 is 50.7 Å². The Morgan fingerprint density at radius 3 is 2.26 bits per heavy atom. The van der Waals surface area contributed by atoms with Crippen LogP contribution in [0.4, 0.5) is 5.69 Å². The first-order valence-electron chi connectivity index (χ1n) is 9.40. The van der Waals surface area contributed by atoms with E-state index >= 15 is 0 Å². The maximum Gasteiger partial charge on any atom is 0.300 e. The van der Waals surface area contributed by atoms with E-state index < -0.39 is 17.7 Å². The monoisotopic (exact) mass is 497 g/mol. The average Bonchev–Trinajstić information content (AvgIpc) is 3.01. The number of rotatable bonds is 3. The molecule has 1 heterocycles. The van der Waals surface area contributed by atoms with E-state index in [4.69, 9.17) is 11.6 Å². The number of benzene rings is 3. The number of halogens is 2. The maximum absolute atomic E-state index is 13.1. The van der Waals surface area contributed by atoms with Crippen LogP contribution in [0.5, 0.6) is 5.75 Å². The molecule has 1 saturated heterocycles. The van der Waals surface area contributed by atoms with E-state index in [1.165, 1.54) is 17.0 Å². The van der Waals surface area contributed by atoms with E-state index in [0.29, 0.717) is 21.8 Å². The average molecular weight is 499 g/mol. The standard InChI is InChI=1S/C24H17BrClNO4/c1-13-2-9-17(12-19(13)25)27-21(14-5-10-18(28)11-6-14)20(23(30)24(27)31)22(29)15-3-7-16(26)8-4-15/h2-12,21,28-29H,1H3/b22-20+. The molecule has 3 aromatic carbocycles. The van der Waals surface area contributed by atoms with Crippen molar-refractivity contribution in [2.45, 2.75) is 13.0 Å². The number of hydrogen-bond donors (Lipinski definition) is 2. The Morgan fingerprint density at radius 2 is 1.65 bits per heavy atom. The van der Waals surface area contributed by atoms with E-state index in [2.05, 4.69) is 15.9 Å². The molecule has 1 aliphatic rings. The van der Waals surface area contributed by atoms with E-state index in [1.54, 1.807) is 48.5 Å². The number of Topliss-reactive ketones (excluding diaryl/α,β-unsaturated/α-hetero) is 1. The van der Waals surface area contributed by atoms with E-state index in [-0.39, 0.29) is 17.1 Å². The number of phenols is 1. The molecule has 0 bridgehead atoms. The second-order valence-electron chi connectivity index (χ2n) is 7.20. The number of carbonyl (C=O) groups is 2. The number of aryl methyl sites for hydroxylation is 1. The minimum Gasteiger partial charge on any atom is -0.508 e. The summed E-state index contributed by atoms with van der Waals surface area (Å²) in [6.45, 7) is 1.92. The van der Waals surface area contributed by atoms with Crippen LogP contribution in [0.15, 0.2) is 76.8 Å². The third kappa shape index (κ3) is 3.84. The van der Waals surface area contributed by atoms with Gasteiger partial charge in [0, 0.05) is 20.7 Å². The quantitative estimate of drug-likeness (QED) is 0.274. The predicted octanol–water partition coefficient (Wildman–Crippen LogP) is 5.74. The molecule has 2 N–H and O–H groups in total. The van der Waals surface area contributed by atoms with Gasteiger partial charge in [-0.25, -0.2) is 0 Å². The van der Waals surface area contributed by atoms with Gasteiger partial charge in [0.1, 0.15) is 11.5 Å². The van der Waals surface area contributed by atoms with Crippen molar-refractivity contribution in [3.8, 4) is 5.75 Å². The third-order valence-corrected chi connectivity index (χ3v) is 6.31. The van der Waals surface area contributed by atoms with Crippen molar-refractivity contribution in [3.05, 3.63) is 98.5 Å². The molecule has 0 aliphatic carbocycles. The van der Waals surface area contributed by atoms with E-state index in [9.17, 15) is 19.8 Å². The van der Waals surface area contributed by atoms with Crippen LogP contribution < -0.4 is 4.90 Å². The Hall–Kier alpha value is -3.09. The lowest BCUT2D eigenvalue weighted by Crippen LogP contribution is -2.29. The summed E-state index contributed by atoms with van der Waals surface area (Å²) in [6, 6.07) is 17.0. The Kier molecular flexibility index (Phi) is 5.60. The lowest BCUT2D eigenvalue weighted by molar-refractivity contribution is -0.132. The van der Waals surface area contributed by atoms with Crippen LogP contribution in [0.1, 0.15) is 22.7 Å². The van der Waals surface area contributed by atoms with Crippen LogP contribution >= 0.6 is 27.5 Å². The summed E-state index contributed by atoms with van der Waals surface area (Å²) in [5.74, 6) is -1.77. The summed E-state index contributed by atoms with van der Waals surface area (Å²) in [6.07, 6.45) is 0. The number of ketones is 1. The summed E-state index contributed by atoms with van der Waals surface area (Å²) >= 11 is 9.41. The number of aliphatic hydroxyl groups excluding tert-OH is 1. The summed E-state index contributed by atoms with van der Waals surface area (Å²) in [5.41, 5.74) is 2.39. The molecule has 3 aromatic rings. The van der Waals surface area contributed by atoms with Gasteiger partial charge >= 0.3 is 0 Å². The van der Waals surface area contributed by atoms with E-state index in [1.807, 2.05) is 13.0 Å². The lowest BCUT2D eigenvalue weighted by atomic mass is 9.95. The van der Waals surface area contributed by atoms with Gasteiger partial charge in [-0.2, -0.15) is 0 Å². The Morgan fingerprint density at radius 1 is 1.00 bits per heavy atom. The van der Waals surface area contributed by atoms with Crippen LogP contribution in [-0.2, 0) is 9.59 Å². The number of anilines is 1. The molecule has 1 unspecified atom stereocenters. The molecular formula is C24H17BrClNO4. The second kappa shape index (κ2) is 8.21. The molecule has 4 rings (SSSR count). The van der Waals surface area contributed by atoms with Crippen molar-refractivity contribution in [1.82, 2.24) is 0 Å². The molecule has 1 amide bonds. The number of aromatic hydroxyl groups is 1. The second-order valence-corrected chi connectivity index (χ2v) is 8.49. The highest BCUT2D eigenvalue weighted by Gasteiger charge is 2.47. The molecule has 0 saturated carbocycles. The molecule has 0 radical (unpaired) electrons. The number of phenolic OH excluding ortho intramolecular Hbond substituents is 1.